The average molecular weight is 406 g/mol. The van der Waals surface area contributed by atoms with E-state index in [4.69, 9.17) is 4.52 Å². The summed E-state index contributed by atoms with van der Waals surface area (Å²) in [6.07, 6.45) is 2.40. The summed E-state index contributed by atoms with van der Waals surface area (Å²) >= 11 is 2.21. The molecule has 0 aliphatic heterocycles. The van der Waals surface area contributed by atoms with Crippen LogP contribution >= 0.6 is 22.6 Å². The van der Waals surface area contributed by atoms with E-state index >= 15 is 0 Å². The Balaban J connectivity index is 1.62. The summed E-state index contributed by atoms with van der Waals surface area (Å²) in [5.41, 5.74) is 3.80. The van der Waals surface area contributed by atoms with Gasteiger partial charge in [-0.2, -0.15) is 15.2 Å². The van der Waals surface area contributed by atoms with Gasteiger partial charge in [0.1, 0.15) is 0 Å². The van der Waals surface area contributed by atoms with Gasteiger partial charge in [0.25, 0.3) is 5.89 Å². The lowest BCUT2D eigenvalue weighted by molar-refractivity contribution is 0.422. The fourth-order valence-corrected chi connectivity index (χ4v) is 2.74. The van der Waals surface area contributed by atoms with Crippen molar-refractivity contribution in [2.24, 2.45) is 0 Å². The minimum absolute atomic E-state index is 0.438. The van der Waals surface area contributed by atoms with Gasteiger partial charge in [-0.1, -0.05) is 11.2 Å². The number of hydrogen-bond donors (Lipinski definition) is 2. The van der Waals surface area contributed by atoms with Crippen molar-refractivity contribution in [3.63, 3.8) is 0 Å². The van der Waals surface area contributed by atoms with E-state index < -0.39 is 0 Å². The van der Waals surface area contributed by atoms with Crippen LogP contribution in [0.1, 0.15) is 17.1 Å². The number of nitrogens with one attached hydrogen (secondary N) is 2. The van der Waals surface area contributed by atoms with Crippen LogP contribution in [-0.2, 0) is 6.42 Å². The van der Waals surface area contributed by atoms with E-state index in [0.717, 1.165) is 25.7 Å². The van der Waals surface area contributed by atoms with Crippen molar-refractivity contribution in [3.8, 4) is 11.6 Å². The number of benzene rings is 1. The van der Waals surface area contributed by atoms with Gasteiger partial charge in [-0.05, 0) is 47.2 Å². The molecule has 0 aliphatic rings. The van der Waals surface area contributed by atoms with Gasteiger partial charge >= 0.3 is 0 Å². The van der Waals surface area contributed by atoms with E-state index in [1.165, 1.54) is 0 Å². The summed E-state index contributed by atoms with van der Waals surface area (Å²) < 4.78 is 6.32. The van der Waals surface area contributed by atoms with E-state index in [1.807, 2.05) is 19.1 Å². The van der Waals surface area contributed by atoms with Crippen LogP contribution < -0.4 is 0 Å². The zero-order valence-electron chi connectivity index (χ0n) is 11.6. The Bertz CT molecular complexity index is 953. The van der Waals surface area contributed by atoms with Gasteiger partial charge in [0.05, 0.1) is 15.3 Å². The van der Waals surface area contributed by atoms with Crippen LogP contribution in [0.2, 0.25) is 0 Å². The zero-order valence-corrected chi connectivity index (χ0v) is 13.7. The van der Waals surface area contributed by atoms with E-state index in [9.17, 15) is 0 Å². The topological polar surface area (TPSA) is 96.3 Å². The number of rotatable bonds is 3. The molecule has 0 spiro atoms. The van der Waals surface area contributed by atoms with Gasteiger partial charge in [0.2, 0.25) is 0 Å². The van der Waals surface area contributed by atoms with Crippen molar-refractivity contribution in [2.45, 2.75) is 13.3 Å². The lowest BCUT2D eigenvalue weighted by atomic mass is 10.1. The summed E-state index contributed by atoms with van der Waals surface area (Å²) in [6, 6.07) is 6.09. The molecule has 0 radical (unpaired) electrons. The Kier molecular flexibility index (Phi) is 3.17. The van der Waals surface area contributed by atoms with Gasteiger partial charge < -0.3 is 4.52 Å². The summed E-state index contributed by atoms with van der Waals surface area (Å²) in [7, 11) is 0. The molecule has 0 amide bonds. The molecule has 0 aliphatic carbocycles. The number of aryl methyl sites for hydroxylation is 1. The third kappa shape index (κ3) is 2.28. The monoisotopic (exact) mass is 406 g/mol. The molecule has 3 aromatic heterocycles. The standard InChI is InChI=1S/C14H11IN6O/c1-7-12(15)13(20-18-7)14-17-11(21-22-14)5-8-2-3-10-9(4-8)6-16-19-10/h2-4,6H,5H2,1H3,(H,16,19)(H,18,20). The van der Waals surface area contributed by atoms with Crippen LogP contribution in [0.3, 0.4) is 0 Å². The fourth-order valence-electron chi connectivity index (χ4n) is 2.26. The number of aromatic amines is 2. The molecule has 7 nitrogen and oxygen atoms in total. The van der Waals surface area contributed by atoms with E-state index in [-0.39, 0.29) is 0 Å². The molecule has 0 bridgehead atoms. The Morgan fingerprint density at radius 1 is 1.27 bits per heavy atom. The molecule has 0 unspecified atom stereocenters. The highest BCUT2D eigenvalue weighted by molar-refractivity contribution is 14.1. The van der Waals surface area contributed by atoms with Gasteiger partial charge in [-0.25, -0.2) is 0 Å². The van der Waals surface area contributed by atoms with Crippen LogP contribution in [0, 0.1) is 10.5 Å². The lowest BCUT2D eigenvalue weighted by Crippen LogP contribution is -1.91. The maximum atomic E-state index is 5.32. The van der Waals surface area contributed by atoms with Gasteiger partial charge in [-0.3, -0.25) is 10.2 Å². The normalized spacial score (nSPS) is 11.4. The van der Waals surface area contributed by atoms with Crippen molar-refractivity contribution < 1.29 is 4.52 Å². The molecule has 110 valence electrons. The quantitative estimate of drug-likeness (QED) is 0.510. The van der Waals surface area contributed by atoms with Crippen molar-refractivity contribution in [1.29, 1.82) is 0 Å². The van der Waals surface area contributed by atoms with Gasteiger partial charge in [-0.15, -0.1) is 0 Å². The summed E-state index contributed by atoms with van der Waals surface area (Å²) in [5.74, 6) is 1.07. The van der Waals surface area contributed by atoms with E-state index in [0.29, 0.717) is 23.8 Å². The first-order chi connectivity index (χ1) is 10.7. The molecule has 22 heavy (non-hydrogen) atoms. The molecule has 0 saturated heterocycles. The molecule has 0 saturated carbocycles. The summed E-state index contributed by atoms with van der Waals surface area (Å²) in [5, 5.41) is 19.2. The van der Waals surface area contributed by atoms with Crippen LogP contribution in [0.5, 0.6) is 0 Å². The molecule has 4 rings (SSSR count). The Hall–Kier alpha value is -2.23. The van der Waals surface area contributed by atoms with Crippen LogP contribution in [0.15, 0.2) is 28.9 Å². The van der Waals surface area contributed by atoms with E-state index in [1.54, 1.807) is 6.20 Å². The van der Waals surface area contributed by atoms with Crippen molar-refractivity contribution >= 4 is 33.5 Å². The largest absolute Gasteiger partial charge is 0.332 e. The third-order valence-electron chi connectivity index (χ3n) is 3.41. The molecule has 3 heterocycles. The summed E-state index contributed by atoms with van der Waals surface area (Å²) in [6.45, 7) is 1.95. The first kappa shape index (κ1) is 13.4. The molecule has 0 atom stereocenters. The van der Waals surface area contributed by atoms with Crippen LogP contribution in [-0.4, -0.2) is 30.5 Å². The molecular formula is C14H11IN6O. The Labute approximate surface area is 138 Å². The third-order valence-corrected chi connectivity index (χ3v) is 4.73. The molecule has 4 aromatic rings. The predicted molar refractivity (Wildman–Crippen MR) is 88.2 cm³/mol. The van der Waals surface area contributed by atoms with Gasteiger partial charge in [0.15, 0.2) is 11.5 Å². The predicted octanol–water partition coefficient (Wildman–Crippen LogP) is 2.84. The molecule has 2 N–H and O–H groups in total. The number of nitrogens with zero attached hydrogens (tertiary/aromatic N) is 4. The lowest BCUT2D eigenvalue weighted by Gasteiger charge is -1.96. The highest BCUT2D eigenvalue weighted by Gasteiger charge is 2.16. The maximum absolute atomic E-state index is 5.32. The highest BCUT2D eigenvalue weighted by atomic mass is 127. The van der Waals surface area contributed by atoms with E-state index in [2.05, 4.69) is 59.2 Å². The number of fused-ring (bicyclic) bond motifs is 1. The Morgan fingerprint density at radius 2 is 2.18 bits per heavy atom. The Morgan fingerprint density at radius 3 is 3.00 bits per heavy atom. The highest BCUT2D eigenvalue weighted by Crippen LogP contribution is 2.24. The van der Waals surface area contributed by atoms with Crippen LogP contribution in [0.4, 0.5) is 0 Å². The number of aromatic nitrogens is 6. The second-order valence-electron chi connectivity index (χ2n) is 5.00. The number of H-pyrrole nitrogens is 2. The average Bonchev–Trinajstić information content (AvgIpc) is 3.21. The van der Waals surface area contributed by atoms with Crippen LogP contribution in [0.25, 0.3) is 22.5 Å². The van der Waals surface area contributed by atoms with Crippen molar-refractivity contribution in [1.82, 2.24) is 30.5 Å². The van der Waals surface area contributed by atoms with Crippen molar-refractivity contribution in [2.75, 3.05) is 0 Å². The number of halogens is 1. The molecule has 0 fully saturated rings. The second kappa shape index (κ2) is 5.20. The first-order valence-electron chi connectivity index (χ1n) is 6.66. The summed E-state index contributed by atoms with van der Waals surface area (Å²) in [4.78, 5) is 4.43. The molecule has 1 aromatic carbocycles. The maximum Gasteiger partial charge on any atom is 0.279 e. The fraction of sp³-hybridized carbons (Fsp3) is 0.143. The minimum Gasteiger partial charge on any atom is -0.332 e. The minimum atomic E-state index is 0.438. The smallest absolute Gasteiger partial charge is 0.279 e. The molecule has 8 heteroatoms. The number of hydrogen-bond acceptors (Lipinski definition) is 5. The second-order valence-corrected chi connectivity index (χ2v) is 6.07. The first-order valence-corrected chi connectivity index (χ1v) is 7.74. The van der Waals surface area contributed by atoms with Crippen molar-refractivity contribution in [3.05, 3.63) is 45.0 Å². The zero-order chi connectivity index (χ0) is 15.1. The molecular weight excluding hydrogens is 395 g/mol. The SMILES string of the molecule is Cc1[nH]nc(-c2nc(Cc3ccc4[nH]ncc4c3)no2)c1I. The van der Waals surface area contributed by atoms with Gasteiger partial charge in [0, 0.05) is 17.5 Å².